The molecule has 6 rings (SSSR count). The highest BCUT2D eigenvalue weighted by Gasteiger charge is 2.34. The molecule has 0 N–H and O–H groups in total. The van der Waals surface area contributed by atoms with Crippen LogP contribution in [-0.4, -0.2) is 89.7 Å². The number of hydrogen-bond donors (Lipinski definition) is 0. The van der Waals surface area contributed by atoms with Crippen molar-refractivity contribution in [2.75, 3.05) is 51.8 Å². The molecule has 2 aliphatic heterocycles. The summed E-state index contributed by atoms with van der Waals surface area (Å²) in [5, 5.41) is 10.5. The smallest absolute Gasteiger partial charge is 0.319 e. The Morgan fingerprint density at radius 1 is 1.12 bits per heavy atom. The van der Waals surface area contributed by atoms with Crippen LogP contribution in [-0.2, 0) is 4.79 Å². The van der Waals surface area contributed by atoms with Crippen LogP contribution in [0.25, 0.3) is 28.1 Å². The van der Waals surface area contributed by atoms with Gasteiger partial charge in [0.25, 0.3) is 5.91 Å². The number of aromatic nitrogens is 3. The van der Waals surface area contributed by atoms with Gasteiger partial charge in [-0.3, -0.25) is 9.78 Å². The minimum atomic E-state index is -0.976. The second kappa shape index (κ2) is 14.5. The Morgan fingerprint density at radius 3 is 2.71 bits per heavy atom. The Morgan fingerprint density at radius 2 is 1.98 bits per heavy atom. The van der Waals surface area contributed by atoms with E-state index in [9.17, 15) is 10.1 Å². The van der Waals surface area contributed by atoms with Gasteiger partial charge in [0.1, 0.15) is 23.7 Å². The Labute approximate surface area is 282 Å². The minimum Gasteiger partial charge on any atom is -0.496 e. The lowest BCUT2D eigenvalue weighted by Crippen LogP contribution is -2.55. The number of fused-ring (bicyclic) bond motifs is 1. The summed E-state index contributed by atoms with van der Waals surface area (Å²) in [5.41, 5.74) is 1.04. The molecule has 0 spiro atoms. The van der Waals surface area contributed by atoms with Crippen LogP contribution in [0.3, 0.4) is 0 Å². The van der Waals surface area contributed by atoms with Gasteiger partial charge in [0.05, 0.1) is 31.3 Å². The number of hydrogen-bond acceptors (Lipinski definition) is 9. The summed E-state index contributed by atoms with van der Waals surface area (Å²) in [4.78, 5) is 32.0. The maximum Gasteiger partial charge on any atom is 0.319 e. The molecule has 4 aromatic rings. The maximum atomic E-state index is 16.5. The fraction of sp³-hybridized carbons (Fsp3) is 0.343. The van der Waals surface area contributed by atoms with Crippen molar-refractivity contribution in [1.82, 2.24) is 24.8 Å². The summed E-state index contributed by atoms with van der Waals surface area (Å²) in [6.45, 7) is 1.78. The second-order valence-corrected chi connectivity index (χ2v) is 12.2. The van der Waals surface area contributed by atoms with Crippen molar-refractivity contribution in [2.45, 2.75) is 31.3 Å². The summed E-state index contributed by atoms with van der Waals surface area (Å²) in [6.07, 6.45) is 4.55. The number of anilines is 1. The lowest BCUT2D eigenvalue weighted by molar-refractivity contribution is -0.131. The van der Waals surface area contributed by atoms with Crippen LogP contribution in [0.4, 0.5) is 14.6 Å². The van der Waals surface area contributed by atoms with E-state index in [4.69, 9.17) is 26.1 Å². The van der Waals surface area contributed by atoms with Gasteiger partial charge < -0.3 is 24.2 Å². The van der Waals surface area contributed by atoms with Gasteiger partial charge in [-0.1, -0.05) is 23.7 Å². The molecular weight excluding hydrogens is 640 g/mol. The first-order valence-corrected chi connectivity index (χ1v) is 16.0. The molecule has 0 saturated carbocycles. The molecule has 2 saturated heterocycles. The van der Waals surface area contributed by atoms with Crippen molar-refractivity contribution in [3.05, 3.63) is 77.1 Å². The number of carbonyl (C=O) groups is 1. The van der Waals surface area contributed by atoms with E-state index in [1.54, 1.807) is 48.5 Å². The molecular formula is C35H34ClF2N7O3. The summed E-state index contributed by atoms with van der Waals surface area (Å²) < 4.78 is 43.3. The number of benzene rings is 2. The molecule has 0 radical (unpaired) electrons. The van der Waals surface area contributed by atoms with E-state index in [-0.39, 0.29) is 49.2 Å². The van der Waals surface area contributed by atoms with Crippen molar-refractivity contribution < 1.29 is 23.0 Å². The summed E-state index contributed by atoms with van der Waals surface area (Å²) >= 11 is 6.28. The van der Waals surface area contributed by atoms with Crippen LogP contribution in [0, 0.1) is 17.1 Å². The van der Waals surface area contributed by atoms with Crippen LogP contribution >= 0.6 is 11.6 Å². The fourth-order valence-corrected chi connectivity index (χ4v) is 6.45. The first-order chi connectivity index (χ1) is 23.3. The predicted molar refractivity (Wildman–Crippen MR) is 179 cm³/mol. The summed E-state index contributed by atoms with van der Waals surface area (Å²) in [6, 6.07) is 14.9. The van der Waals surface area contributed by atoms with Crippen LogP contribution in [0.15, 0.2) is 60.6 Å². The van der Waals surface area contributed by atoms with E-state index in [1.165, 1.54) is 18.2 Å². The summed E-state index contributed by atoms with van der Waals surface area (Å²) in [7, 11) is 3.53. The van der Waals surface area contributed by atoms with Gasteiger partial charge in [-0.15, -0.1) is 0 Å². The van der Waals surface area contributed by atoms with E-state index < -0.39 is 23.6 Å². The first-order valence-electron chi connectivity index (χ1n) is 15.7. The lowest BCUT2D eigenvalue weighted by Gasteiger charge is -2.41. The van der Waals surface area contributed by atoms with E-state index in [1.807, 2.05) is 11.9 Å². The van der Waals surface area contributed by atoms with E-state index in [2.05, 4.69) is 20.9 Å². The summed E-state index contributed by atoms with van der Waals surface area (Å²) in [5.74, 6) is -1.58. The molecule has 2 fully saturated rings. The molecule has 13 heteroatoms. The van der Waals surface area contributed by atoms with Gasteiger partial charge in [-0.25, -0.2) is 8.78 Å². The van der Waals surface area contributed by atoms with E-state index in [0.29, 0.717) is 39.8 Å². The molecule has 248 valence electrons. The maximum absolute atomic E-state index is 16.5. The molecule has 2 aliphatic rings. The number of nitriles is 1. The second-order valence-electron chi connectivity index (χ2n) is 11.8. The minimum absolute atomic E-state index is 0.00610. The predicted octanol–water partition coefficient (Wildman–Crippen LogP) is 5.91. The third-order valence-corrected chi connectivity index (χ3v) is 9.07. The van der Waals surface area contributed by atoms with Gasteiger partial charge in [0, 0.05) is 59.5 Å². The zero-order chi connectivity index (χ0) is 33.8. The molecule has 2 atom stereocenters. The van der Waals surface area contributed by atoms with Gasteiger partial charge in [0.2, 0.25) is 0 Å². The average Bonchev–Trinajstić information content (AvgIpc) is 3.51. The Hall–Kier alpha value is -4.86. The fourth-order valence-electron chi connectivity index (χ4n) is 6.28. The number of amides is 1. The van der Waals surface area contributed by atoms with Gasteiger partial charge >= 0.3 is 6.01 Å². The average molecular weight is 674 g/mol. The molecule has 10 nitrogen and oxygen atoms in total. The number of methoxy groups -OCH3 is 1. The SMILES string of the molecule is COc1ccc(Cl)cc1-c1ccc2c(N3CCN(C(=O)/C(F)=C/c4ccccn4)[C@@H](CC#N)C3)nc(OCC3CCCN3C)nc2c1F. The van der Waals surface area contributed by atoms with Crippen molar-refractivity contribution in [1.29, 1.82) is 5.26 Å². The monoisotopic (exact) mass is 673 g/mol. The van der Waals surface area contributed by atoms with Crippen LogP contribution < -0.4 is 14.4 Å². The van der Waals surface area contributed by atoms with Crippen LogP contribution in [0.5, 0.6) is 11.8 Å². The largest absolute Gasteiger partial charge is 0.496 e. The molecule has 2 aromatic carbocycles. The zero-order valence-electron chi connectivity index (χ0n) is 26.6. The van der Waals surface area contributed by atoms with Crippen molar-refractivity contribution in [3.8, 4) is 29.0 Å². The van der Waals surface area contributed by atoms with E-state index in [0.717, 1.165) is 25.5 Å². The van der Waals surface area contributed by atoms with Gasteiger partial charge in [-0.2, -0.15) is 15.2 Å². The molecule has 2 aromatic heterocycles. The Bertz CT molecular complexity index is 1890. The number of likely N-dealkylation sites (tertiary alicyclic amines) is 1. The molecule has 1 amide bonds. The molecule has 0 bridgehead atoms. The van der Waals surface area contributed by atoms with Crippen molar-refractivity contribution in [2.24, 2.45) is 0 Å². The third kappa shape index (κ3) is 6.88. The van der Waals surface area contributed by atoms with Crippen LogP contribution in [0.2, 0.25) is 5.02 Å². The lowest BCUT2D eigenvalue weighted by atomic mass is 10.0. The molecule has 1 unspecified atom stereocenters. The zero-order valence-corrected chi connectivity index (χ0v) is 27.3. The normalized spacial score (nSPS) is 18.6. The highest BCUT2D eigenvalue weighted by Crippen LogP contribution is 2.39. The van der Waals surface area contributed by atoms with Gasteiger partial charge in [-0.05, 0) is 62.8 Å². The number of nitrogens with zero attached hydrogens (tertiary/aromatic N) is 7. The van der Waals surface area contributed by atoms with Crippen molar-refractivity contribution >= 4 is 40.3 Å². The number of pyridine rings is 1. The number of halogens is 3. The first kappa shape index (κ1) is 33.1. The number of rotatable bonds is 9. The number of piperazine rings is 1. The van der Waals surface area contributed by atoms with Crippen LogP contribution in [0.1, 0.15) is 25.0 Å². The third-order valence-electron chi connectivity index (χ3n) is 8.83. The number of carbonyl (C=O) groups excluding carboxylic acids is 1. The quantitative estimate of drug-likeness (QED) is 0.201. The van der Waals surface area contributed by atoms with Crippen molar-refractivity contribution in [3.63, 3.8) is 0 Å². The highest BCUT2D eigenvalue weighted by atomic mass is 35.5. The molecule has 4 heterocycles. The Kier molecular flexibility index (Phi) is 9.98. The number of likely N-dealkylation sites (N-methyl/N-ethyl adjacent to an activating group) is 1. The standard InChI is InChI=1S/C35H34ClF2N7O3/c1-43-15-5-7-25(43)21-48-35-41-32-27(10-9-26(31(32)38)28-18-22(36)8-11-30(28)47-2)33(42-35)44-16-17-45(24(20-44)12-13-39)34(46)29(37)19-23-6-3-4-14-40-23/h3-4,6,8-11,14,18-19,24-25H,5,7,12,15-17,20-21H2,1-2H3/b29-19-/t24-,25?/m0/s1. The molecule has 0 aliphatic carbocycles. The highest BCUT2D eigenvalue weighted by molar-refractivity contribution is 6.31. The molecule has 48 heavy (non-hydrogen) atoms. The van der Waals surface area contributed by atoms with Gasteiger partial charge in [0.15, 0.2) is 11.6 Å². The Balaban J connectivity index is 1.37. The number of ether oxygens (including phenoxy) is 2. The van der Waals surface area contributed by atoms with E-state index >= 15 is 8.78 Å². The topological polar surface area (TPSA) is 108 Å².